The lowest BCUT2D eigenvalue weighted by atomic mass is 9.92. The molecule has 7 nitrogen and oxygen atoms in total. The van der Waals surface area contributed by atoms with Gasteiger partial charge in [0.15, 0.2) is 5.75 Å². The predicted octanol–water partition coefficient (Wildman–Crippen LogP) is 5.37. The minimum absolute atomic E-state index is 0.0764. The number of nitrogens with zero attached hydrogens (tertiary/aromatic N) is 2. The van der Waals surface area contributed by atoms with Gasteiger partial charge in [-0.2, -0.15) is 0 Å². The van der Waals surface area contributed by atoms with Crippen LogP contribution in [0.3, 0.4) is 0 Å². The Morgan fingerprint density at radius 2 is 1.94 bits per heavy atom. The van der Waals surface area contributed by atoms with Gasteiger partial charge in [0.2, 0.25) is 0 Å². The monoisotopic (exact) mass is 490 g/mol. The molecule has 1 saturated heterocycles. The van der Waals surface area contributed by atoms with E-state index in [1.807, 2.05) is 36.4 Å². The lowest BCUT2D eigenvalue weighted by Gasteiger charge is -2.33. The van der Waals surface area contributed by atoms with Gasteiger partial charge in [-0.3, -0.25) is 4.90 Å². The molecule has 0 bridgehead atoms. The van der Waals surface area contributed by atoms with Gasteiger partial charge in [-0.15, -0.1) is 0 Å². The number of hydrogen-bond acceptors (Lipinski definition) is 6. The van der Waals surface area contributed by atoms with Crippen molar-refractivity contribution < 1.29 is 28.2 Å². The van der Waals surface area contributed by atoms with Gasteiger partial charge in [-0.1, -0.05) is 36.4 Å². The SMILES string of the molecule is COC(=O)[C@@H]1C[C@@]2(C=Cc3c(c(-c4cccc(F)c4)nc4ccccc34)O2)CN1C(=O)OC(C)(C)C. The number of fused-ring (bicyclic) bond motifs is 3. The van der Waals surface area contributed by atoms with Gasteiger partial charge in [-0.05, 0) is 45.0 Å². The third-order valence-corrected chi connectivity index (χ3v) is 6.30. The van der Waals surface area contributed by atoms with Gasteiger partial charge in [0.05, 0.1) is 19.2 Å². The lowest BCUT2D eigenvalue weighted by Crippen LogP contribution is -2.45. The summed E-state index contributed by atoms with van der Waals surface area (Å²) in [6.45, 7) is 5.37. The predicted molar refractivity (Wildman–Crippen MR) is 133 cm³/mol. The first-order valence-corrected chi connectivity index (χ1v) is 11.7. The molecule has 3 heterocycles. The lowest BCUT2D eigenvalue weighted by molar-refractivity contribution is -0.145. The highest BCUT2D eigenvalue weighted by molar-refractivity contribution is 5.95. The number of aromatic nitrogens is 1. The number of rotatable bonds is 2. The number of para-hydroxylation sites is 1. The van der Waals surface area contributed by atoms with E-state index in [2.05, 4.69) is 0 Å². The van der Waals surface area contributed by atoms with Crippen LogP contribution in [0, 0.1) is 5.82 Å². The van der Waals surface area contributed by atoms with E-state index in [9.17, 15) is 14.0 Å². The van der Waals surface area contributed by atoms with Crippen LogP contribution < -0.4 is 4.74 Å². The van der Waals surface area contributed by atoms with Crippen LogP contribution in [-0.2, 0) is 14.3 Å². The fraction of sp³-hybridized carbons (Fsp3) is 0.321. The Bertz CT molecular complexity index is 1400. The highest BCUT2D eigenvalue weighted by Crippen LogP contribution is 2.45. The van der Waals surface area contributed by atoms with E-state index in [0.717, 1.165) is 16.5 Å². The minimum atomic E-state index is -1.02. The first-order valence-electron chi connectivity index (χ1n) is 11.7. The molecular formula is C28H27FN2O5. The van der Waals surface area contributed by atoms with Gasteiger partial charge in [0, 0.05) is 22.9 Å². The van der Waals surface area contributed by atoms with Crippen LogP contribution in [0.2, 0.25) is 0 Å². The van der Waals surface area contributed by atoms with Crippen molar-refractivity contribution in [3.63, 3.8) is 0 Å². The number of halogens is 1. The number of benzene rings is 2. The number of amides is 1. The Morgan fingerprint density at radius 1 is 1.17 bits per heavy atom. The van der Waals surface area contributed by atoms with Crippen molar-refractivity contribution in [1.29, 1.82) is 0 Å². The van der Waals surface area contributed by atoms with Crippen molar-refractivity contribution in [2.45, 2.75) is 44.4 Å². The van der Waals surface area contributed by atoms with E-state index in [1.165, 1.54) is 24.1 Å². The second-order valence-electron chi connectivity index (χ2n) is 10.1. The molecule has 2 aliphatic heterocycles. The number of likely N-dealkylation sites (tertiary alicyclic amines) is 1. The number of carbonyl (C=O) groups is 2. The van der Waals surface area contributed by atoms with Crippen LogP contribution in [0.1, 0.15) is 32.8 Å². The summed E-state index contributed by atoms with van der Waals surface area (Å²) < 4.78 is 31.3. The Morgan fingerprint density at radius 3 is 2.67 bits per heavy atom. The van der Waals surface area contributed by atoms with E-state index in [0.29, 0.717) is 17.0 Å². The summed E-state index contributed by atoms with van der Waals surface area (Å²) in [5, 5.41) is 0.880. The van der Waals surface area contributed by atoms with E-state index in [4.69, 9.17) is 19.2 Å². The molecule has 2 aromatic carbocycles. The molecule has 2 aliphatic rings. The highest BCUT2D eigenvalue weighted by Gasteiger charge is 2.52. The molecule has 0 saturated carbocycles. The third kappa shape index (κ3) is 4.27. The average Bonchev–Trinajstić information content (AvgIpc) is 3.21. The van der Waals surface area contributed by atoms with Crippen LogP contribution in [0.5, 0.6) is 5.75 Å². The second-order valence-corrected chi connectivity index (χ2v) is 10.1. The van der Waals surface area contributed by atoms with Gasteiger partial charge in [0.1, 0.15) is 28.8 Å². The van der Waals surface area contributed by atoms with Crippen LogP contribution in [0.15, 0.2) is 54.6 Å². The van der Waals surface area contributed by atoms with Gasteiger partial charge in [-0.25, -0.2) is 19.0 Å². The molecule has 1 spiro atoms. The summed E-state index contributed by atoms with van der Waals surface area (Å²) in [7, 11) is 1.28. The number of hydrogen-bond donors (Lipinski definition) is 0. The largest absolute Gasteiger partial charge is 0.478 e. The molecule has 0 N–H and O–H groups in total. The molecule has 2 atom stereocenters. The third-order valence-electron chi connectivity index (χ3n) is 6.30. The Hall–Kier alpha value is -3.94. The molecule has 1 aromatic heterocycles. The summed E-state index contributed by atoms with van der Waals surface area (Å²) >= 11 is 0. The van der Waals surface area contributed by atoms with Gasteiger partial charge in [0.25, 0.3) is 0 Å². The first kappa shape index (κ1) is 23.8. The molecule has 1 fully saturated rings. The number of ether oxygens (including phenoxy) is 3. The summed E-state index contributed by atoms with van der Waals surface area (Å²) in [6.07, 6.45) is 3.35. The van der Waals surface area contributed by atoms with Crippen LogP contribution in [-0.4, -0.2) is 52.8 Å². The molecule has 0 unspecified atom stereocenters. The standard InChI is InChI=1S/C28H27FN2O5/c1-27(2,3)36-26(33)31-16-28(15-22(31)25(32)34-4)13-12-20-19-10-5-6-11-21(19)30-23(24(20)35-28)17-8-7-9-18(29)14-17/h5-14,22H,15-16H2,1-4H3/t22-,28-/m0/s1. The molecule has 5 rings (SSSR count). The Balaban J connectivity index is 1.61. The number of methoxy groups -OCH3 is 1. The van der Waals surface area contributed by atoms with Gasteiger partial charge < -0.3 is 14.2 Å². The fourth-order valence-corrected chi connectivity index (χ4v) is 4.75. The molecular weight excluding hydrogens is 463 g/mol. The van der Waals surface area contributed by atoms with Gasteiger partial charge >= 0.3 is 12.1 Å². The minimum Gasteiger partial charge on any atom is -0.478 e. The Labute approximate surface area is 208 Å². The first-order chi connectivity index (χ1) is 17.1. The molecule has 36 heavy (non-hydrogen) atoms. The Kier molecular flexibility index (Phi) is 5.70. The maximum atomic E-state index is 14.2. The molecule has 186 valence electrons. The molecule has 0 radical (unpaired) electrons. The van der Waals surface area contributed by atoms with Crippen molar-refractivity contribution in [1.82, 2.24) is 9.88 Å². The zero-order valence-electron chi connectivity index (χ0n) is 20.6. The summed E-state index contributed by atoms with van der Waals surface area (Å²) in [5.74, 6) is -0.473. The summed E-state index contributed by atoms with van der Waals surface area (Å²) in [4.78, 5) is 31.8. The topological polar surface area (TPSA) is 78.0 Å². The zero-order valence-corrected chi connectivity index (χ0v) is 20.6. The molecule has 3 aromatic rings. The molecule has 1 amide bonds. The average molecular weight is 491 g/mol. The van der Waals surface area contributed by atoms with E-state index in [-0.39, 0.29) is 18.8 Å². The molecule has 8 heteroatoms. The quantitative estimate of drug-likeness (QED) is 0.450. The van der Waals surface area contributed by atoms with E-state index < -0.39 is 29.3 Å². The summed E-state index contributed by atoms with van der Waals surface area (Å²) in [6, 6.07) is 12.9. The summed E-state index contributed by atoms with van der Waals surface area (Å²) in [5.41, 5.74) is 0.835. The van der Waals surface area contributed by atoms with Crippen molar-refractivity contribution in [3.8, 4) is 17.0 Å². The maximum absolute atomic E-state index is 14.2. The maximum Gasteiger partial charge on any atom is 0.411 e. The van der Waals surface area contributed by atoms with Crippen LogP contribution in [0.4, 0.5) is 9.18 Å². The van der Waals surface area contributed by atoms with Crippen molar-refractivity contribution in [2.24, 2.45) is 0 Å². The van der Waals surface area contributed by atoms with E-state index in [1.54, 1.807) is 32.9 Å². The second kappa shape index (κ2) is 8.62. The van der Waals surface area contributed by atoms with E-state index >= 15 is 0 Å². The number of pyridine rings is 1. The smallest absolute Gasteiger partial charge is 0.411 e. The molecule has 0 aliphatic carbocycles. The number of esters is 1. The fourth-order valence-electron chi connectivity index (χ4n) is 4.75. The zero-order chi connectivity index (χ0) is 25.7. The highest BCUT2D eigenvalue weighted by atomic mass is 19.1. The van der Waals surface area contributed by atoms with Crippen molar-refractivity contribution >= 4 is 29.0 Å². The number of carbonyl (C=O) groups excluding carboxylic acids is 2. The van der Waals surface area contributed by atoms with Crippen molar-refractivity contribution in [3.05, 3.63) is 66.0 Å². The normalized spacial score (nSPS) is 20.8. The van der Waals surface area contributed by atoms with Crippen LogP contribution >= 0.6 is 0 Å². The van der Waals surface area contributed by atoms with Crippen LogP contribution in [0.25, 0.3) is 28.2 Å². The van der Waals surface area contributed by atoms with Crippen molar-refractivity contribution in [2.75, 3.05) is 13.7 Å².